The minimum Gasteiger partial charge on any atom is -0.494 e. The first kappa shape index (κ1) is 20.8. The highest BCUT2D eigenvalue weighted by Gasteiger charge is 2.20. The van der Waals surface area contributed by atoms with E-state index in [-0.39, 0.29) is 5.91 Å². The van der Waals surface area contributed by atoms with E-state index < -0.39 is 0 Å². The van der Waals surface area contributed by atoms with E-state index in [0.29, 0.717) is 36.4 Å². The maximum atomic E-state index is 12.2. The zero-order valence-corrected chi connectivity index (χ0v) is 18.0. The van der Waals surface area contributed by atoms with Crippen LogP contribution in [0.25, 0.3) is 0 Å². The molecular formula is C22H31N3O2S. The van der Waals surface area contributed by atoms with Crippen LogP contribution in [0, 0.1) is 6.92 Å². The van der Waals surface area contributed by atoms with Crippen LogP contribution in [0.2, 0.25) is 0 Å². The van der Waals surface area contributed by atoms with Gasteiger partial charge in [-0.2, -0.15) is 0 Å². The molecule has 152 valence electrons. The van der Waals surface area contributed by atoms with Crippen molar-refractivity contribution in [2.75, 3.05) is 11.9 Å². The average Bonchev–Trinajstić information content (AvgIpc) is 3.14. The lowest BCUT2D eigenvalue weighted by atomic mass is 9.90. The third-order valence-electron chi connectivity index (χ3n) is 5.32. The molecule has 1 aliphatic rings. The van der Waals surface area contributed by atoms with Gasteiger partial charge in [-0.15, -0.1) is 10.2 Å². The van der Waals surface area contributed by atoms with E-state index in [1.165, 1.54) is 54.6 Å². The highest BCUT2D eigenvalue weighted by Crippen LogP contribution is 2.35. The summed E-state index contributed by atoms with van der Waals surface area (Å²) in [6, 6.07) is 6.21. The van der Waals surface area contributed by atoms with Crippen molar-refractivity contribution in [2.24, 2.45) is 0 Å². The van der Waals surface area contributed by atoms with E-state index in [0.717, 1.165) is 10.8 Å². The van der Waals surface area contributed by atoms with E-state index in [2.05, 4.69) is 48.4 Å². The lowest BCUT2D eigenvalue weighted by Crippen LogP contribution is -2.12. The maximum absolute atomic E-state index is 12.2. The fourth-order valence-corrected chi connectivity index (χ4v) is 4.72. The number of rotatable bonds is 8. The predicted octanol–water partition coefficient (Wildman–Crippen LogP) is 5.82. The molecule has 1 heterocycles. The van der Waals surface area contributed by atoms with Crippen LogP contribution in [-0.2, 0) is 4.79 Å². The van der Waals surface area contributed by atoms with Crippen LogP contribution >= 0.6 is 11.3 Å². The fraction of sp³-hybridized carbons (Fsp3) is 0.591. The van der Waals surface area contributed by atoms with Crippen molar-refractivity contribution >= 4 is 22.4 Å². The Morgan fingerprint density at radius 3 is 2.75 bits per heavy atom. The molecule has 0 saturated heterocycles. The van der Waals surface area contributed by atoms with Crippen LogP contribution in [-0.4, -0.2) is 22.7 Å². The number of nitrogens with one attached hydrogen (secondary N) is 1. The number of aromatic nitrogens is 2. The molecule has 6 heteroatoms. The smallest absolute Gasteiger partial charge is 0.226 e. The first-order chi connectivity index (χ1) is 13.5. The van der Waals surface area contributed by atoms with Crippen LogP contribution in [0.5, 0.6) is 5.75 Å². The SMILES string of the molecule is Cc1cc(OCCCC(=O)Nc2nnc(C3CCCCC3)s2)ccc1C(C)C. The molecule has 0 aliphatic heterocycles. The summed E-state index contributed by atoms with van der Waals surface area (Å²) in [7, 11) is 0. The molecule has 1 aromatic heterocycles. The number of nitrogens with zero attached hydrogens (tertiary/aromatic N) is 2. The second-order valence-electron chi connectivity index (χ2n) is 7.95. The third kappa shape index (κ3) is 5.77. The second-order valence-corrected chi connectivity index (χ2v) is 8.96. The van der Waals surface area contributed by atoms with Gasteiger partial charge in [-0.1, -0.05) is 50.5 Å². The number of hydrogen-bond acceptors (Lipinski definition) is 5. The third-order valence-corrected chi connectivity index (χ3v) is 6.32. The molecule has 0 bridgehead atoms. The van der Waals surface area contributed by atoms with Gasteiger partial charge >= 0.3 is 0 Å². The van der Waals surface area contributed by atoms with E-state index in [9.17, 15) is 4.79 Å². The molecular weight excluding hydrogens is 370 g/mol. The Bertz CT molecular complexity index is 782. The van der Waals surface area contributed by atoms with Crippen molar-refractivity contribution in [1.82, 2.24) is 10.2 Å². The molecule has 2 aromatic rings. The quantitative estimate of drug-likeness (QED) is 0.567. The molecule has 0 atom stereocenters. The Morgan fingerprint density at radius 2 is 2.04 bits per heavy atom. The second kappa shape index (κ2) is 10.0. The summed E-state index contributed by atoms with van der Waals surface area (Å²) in [5.41, 5.74) is 2.59. The summed E-state index contributed by atoms with van der Waals surface area (Å²) in [6.07, 6.45) is 7.33. The highest BCUT2D eigenvalue weighted by atomic mass is 32.1. The molecule has 1 aliphatic carbocycles. The first-order valence-electron chi connectivity index (χ1n) is 10.4. The highest BCUT2D eigenvalue weighted by molar-refractivity contribution is 7.15. The maximum Gasteiger partial charge on any atom is 0.226 e. The van der Waals surface area contributed by atoms with Gasteiger partial charge in [0.1, 0.15) is 10.8 Å². The van der Waals surface area contributed by atoms with Crippen molar-refractivity contribution in [1.29, 1.82) is 0 Å². The van der Waals surface area contributed by atoms with Crippen molar-refractivity contribution in [3.63, 3.8) is 0 Å². The zero-order chi connectivity index (χ0) is 19.9. The van der Waals surface area contributed by atoms with Crippen LogP contribution in [0.4, 0.5) is 5.13 Å². The van der Waals surface area contributed by atoms with Crippen LogP contribution < -0.4 is 10.1 Å². The predicted molar refractivity (Wildman–Crippen MR) is 114 cm³/mol. The van der Waals surface area contributed by atoms with Crippen molar-refractivity contribution in [3.8, 4) is 5.75 Å². The molecule has 3 rings (SSSR count). The Labute approximate surface area is 171 Å². The average molecular weight is 402 g/mol. The lowest BCUT2D eigenvalue weighted by Gasteiger charge is -2.18. The van der Waals surface area contributed by atoms with Gasteiger partial charge in [0.05, 0.1) is 6.61 Å². The molecule has 0 unspecified atom stereocenters. The molecule has 1 N–H and O–H groups in total. The summed E-state index contributed by atoms with van der Waals surface area (Å²) in [5.74, 6) is 1.87. The van der Waals surface area contributed by atoms with Gasteiger partial charge in [0.2, 0.25) is 11.0 Å². The van der Waals surface area contributed by atoms with E-state index in [1.54, 1.807) is 0 Å². The van der Waals surface area contributed by atoms with Crippen molar-refractivity contribution in [2.45, 2.75) is 77.6 Å². The monoisotopic (exact) mass is 401 g/mol. The Kier molecular flexibility index (Phi) is 7.43. The van der Waals surface area contributed by atoms with E-state index >= 15 is 0 Å². The normalized spacial score (nSPS) is 15.0. The van der Waals surface area contributed by atoms with Gasteiger partial charge in [0, 0.05) is 12.3 Å². The minimum atomic E-state index is -0.0266. The van der Waals surface area contributed by atoms with Gasteiger partial charge in [0.15, 0.2) is 0 Å². The van der Waals surface area contributed by atoms with E-state index in [4.69, 9.17) is 4.74 Å². The number of aryl methyl sites for hydroxylation is 1. The van der Waals surface area contributed by atoms with Crippen molar-refractivity contribution < 1.29 is 9.53 Å². The molecule has 1 fully saturated rings. The van der Waals surface area contributed by atoms with Gasteiger partial charge in [-0.05, 0) is 55.4 Å². The first-order valence-corrected chi connectivity index (χ1v) is 11.2. The number of anilines is 1. The lowest BCUT2D eigenvalue weighted by molar-refractivity contribution is -0.116. The van der Waals surface area contributed by atoms with Crippen LogP contribution in [0.3, 0.4) is 0 Å². The summed E-state index contributed by atoms with van der Waals surface area (Å²) in [6.45, 7) is 7.02. The molecule has 1 saturated carbocycles. The minimum absolute atomic E-state index is 0.0266. The standard InChI is InChI=1S/C22H31N3O2S/c1-15(2)19-12-11-18(14-16(19)3)27-13-7-10-20(26)23-22-25-24-21(28-22)17-8-5-4-6-9-17/h11-12,14-15,17H,4-10,13H2,1-3H3,(H,23,25,26). The van der Waals surface area contributed by atoms with Gasteiger partial charge in [0.25, 0.3) is 0 Å². The van der Waals surface area contributed by atoms with Crippen LogP contribution in [0.15, 0.2) is 18.2 Å². The Morgan fingerprint density at radius 1 is 1.25 bits per heavy atom. The molecule has 5 nitrogen and oxygen atoms in total. The summed E-state index contributed by atoms with van der Waals surface area (Å²) in [4.78, 5) is 12.2. The zero-order valence-electron chi connectivity index (χ0n) is 17.2. The largest absolute Gasteiger partial charge is 0.494 e. The van der Waals surface area contributed by atoms with Gasteiger partial charge < -0.3 is 10.1 Å². The number of amides is 1. The van der Waals surface area contributed by atoms with E-state index in [1.807, 2.05) is 6.07 Å². The van der Waals surface area contributed by atoms with Crippen molar-refractivity contribution in [3.05, 3.63) is 34.3 Å². The number of benzene rings is 1. The number of carbonyl (C=O) groups excluding carboxylic acids is 1. The summed E-state index contributed by atoms with van der Waals surface area (Å²) >= 11 is 1.52. The molecule has 0 spiro atoms. The molecule has 28 heavy (non-hydrogen) atoms. The number of hydrogen-bond donors (Lipinski definition) is 1. The molecule has 0 radical (unpaired) electrons. The Hall–Kier alpha value is -1.95. The topological polar surface area (TPSA) is 64.1 Å². The van der Waals surface area contributed by atoms with Crippen LogP contribution in [0.1, 0.15) is 86.8 Å². The van der Waals surface area contributed by atoms with Gasteiger partial charge in [-0.3, -0.25) is 4.79 Å². The molecule has 1 amide bonds. The van der Waals surface area contributed by atoms with Gasteiger partial charge in [-0.25, -0.2) is 0 Å². The number of carbonyl (C=O) groups is 1. The fourth-order valence-electron chi connectivity index (χ4n) is 3.79. The number of ether oxygens (including phenoxy) is 1. The Balaban J connectivity index is 1.39. The molecule has 1 aromatic carbocycles. The summed E-state index contributed by atoms with van der Waals surface area (Å²) < 4.78 is 5.80. The summed E-state index contributed by atoms with van der Waals surface area (Å²) in [5, 5.41) is 13.0.